The van der Waals surface area contributed by atoms with E-state index in [1.165, 1.54) is 141 Å². The Kier molecular flexibility index (Phi) is 58.4. The second-order valence-electron chi connectivity index (χ2n) is 19.7. The second-order valence-corrected chi connectivity index (χ2v) is 19.7. The van der Waals surface area contributed by atoms with Crippen LogP contribution in [0.1, 0.15) is 271 Å². The molecule has 72 heavy (non-hydrogen) atoms. The van der Waals surface area contributed by atoms with E-state index in [-0.39, 0.29) is 25.2 Å². The Morgan fingerprint density at radius 3 is 0.903 bits per heavy atom. The number of carbonyl (C=O) groups is 2. The van der Waals surface area contributed by atoms with E-state index < -0.39 is 6.10 Å². The van der Waals surface area contributed by atoms with Crippen molar-refractivity contribution in [3.05, 3.63) is 122 Å². The zero-order chi connectivity index (χ0) is 52.0. The van der Waals surface area contributed by atoms with Crippen LogP contribution in [0.25, 0.3) is 0 Å². The molecule has 0 amide bonds. The van der Waals surface area contributed by atoms with E-state index in [0.29, 0.717) is 12.8 Å². The summed E-state index contributed by atoms with van der Waals surface area (Å²) in [4.78, 5) is 24.5. The lowest BCUT2D eigenvalue weighted by Gasteiger charge is -2.15. The Bertz CT molecular complexity index is 1450. The molecule has 0 fully saturated rings. The summed E-state index contributed by atoms with van der Waals surface area (Å²) < 4.78 is 10.7. The Labute approximate surface area is 445 Å². The molecule has 5 heteroatoms. The van der Waals surface area contributed by atoms with E-state index in [0.717, 1.165) is 103 Å². The molecule has 1 unspecified atom stereocenters. The number of aliphatic hydroxyl groups is 1. The number of unbranched alkanes of at least 4 members (excludes halogenated alkanes) is 26. The summed E-state index contributed by atoms with van der Waals surface area (Å²) in [6.45, 7) is 4.01. The van der Waals surface area contributed by atoms with Crippen LogP contribution in [-0.4, -0.2) is 36.4 Å². The average molecular weight is 998 g/mol. The molecule has 0 aliphatic carbocycles. The van der Waals surface area contributed by atoms with E-state index in [1.807, 2.05) is 0 Å². The predicted molar refractivity (Wildman–Crippen MR) is 315 cm³/mol. The van der Waals surface area contributed by atoms with E-state index in [2.05, 4.69) is 135 Å². The van der Waals surface area contributed by atoms with Gasteiger partial charge in [0.05, 0.1) is 6.61 Å². The quantitative estimate of drug-likeness (QED) is 0.0373. The summed E-state index contributed by atoms with van der Waals surface area (Å²) in [7, 11) is 0. The Morgan fingerprint density at radius 1 is 0.333 bits per heavy atom. The van der Waals surface area contributed by atoms with Crippen LogP contribution in [0.3, 0.4) is 0 Å². The van der Waals surface area contributed by atoms with Gasteiger partial charge in [-0.05, 0) is 109 Å². The predicted octanol–water partition coefficient (Wildman–Crippen LogP) is 20.6. The molecule has 0 aromatic carbocycles. The second kappa shape index (κ2) is 61.6. The molecule has 5 nitrogen and oxygen atoms in total. The third-order valence-corrected chi connectivity index (χ3v) is 12.7. The van der Waals surface area contributed by atoms with Gasteiger partial charge in [-0.15, -0.1) is 0 Å². The fourth-order valence-corrected chi connectivity index (χ4v) is 8.25. The van der Waals surface area contributed by atoms with Gasteiger partial charge in [-0.1, -0.05) is 270 Å². The molecule has 0 saturated carbocycles. The van der Waals surface area contributed by atoms with Crippen LogP contribution >= 0.6 is 0 Å². The standard InChI is InChI=1S/C67H112O5/c1-3-5-7-9-11-13-15-17-19-21-23-25-26-27-28-29-30-31-32-33-34-35-36-37-38-39-40-42-44-46-48-50-52-54-56-58-60-62-67(70)72-65(63-68)64-71-66(69)61-59-57-55-53-51-49-47-45-43-41-24-22-20-18-16-14-12-10-8-6-4-2/h5,7,11,13,16-19,22-25,27-28,30-31,33-34,43,45,65,68H,3-4,6,8-10,12,14-15,20-21,26,29,32,35-42,44,46-64H2,1-2H3/b7-5-,13-11-,18-16-,19-17-,24-22-,25-23-,28-27-,31-30-,34-33-,45-43-. The van der Waals surface area contributed by atoms with Crippen molar-refractivity contribution in [1.29, 1.82) is 0 Å². The Morgan fingerprint density at radius 2 is 0.597 bits per heavy atom. The average Bonchev–Trinajstić information content (AvgIpc) is 3.38. The monoisotopic (exact) mass is 997 g/mol. The summed E-state index contributed by atoms with van der Waals surface area (Å²) >= 11 is 0. The highest BCUT2D eigenvalue weighted by Gasteiger charge is 2.16. The third kappa shape index (κ3) is 58.9. The lowest BCUT2D eigenvalue weighted by molar-refractivity contribution is -0.161. The molecule has 0 saturated heterocycles. The molecule has 0 aromatic heterocycles. The number of carbonyl (C=O) groups excluding carboxylic acids is 2. The van der Waals surface area contributed by atoms with Gasteiger partial charge in [0.2, 0.25) is 0 Å². The third-order valence-electron chi connectivity index (χ3n) is 12.7. The SMILES string of the molecule is CC/C=C\C/C=C\C/C=C\C/C=C\C/C=C\C/C=C\C/C=C\CCCCCCCCCCCCCCCCCC(=O)OC(CO)COC(=O)CCCCCCCC/C=C\C/C=C\C/C=C\CCCCCCC. The number of rotatable bonds is 54. The van der Waals surface area contributed by atoms with Crippen molar-refractivity contribution in [3.63, 3.8) is 0 Å². The molecular formula is C67H112O5. The maximum atomic E-state index is 12.3. The number of hydrogen-bond donors (Lipinski definition) is 1. The van der Waals surface area contributed by atoms with Crippen molar-refractivity contribution >= 4 is 11.9 Å². The fourth-order valence-electron chi connectivity index (χ4n) is 8.25. The summed E-state index contributed by atoms with van der Waals surface area (Å²) in [5, 5.41) is 9.66. The van der Waals surface area contributed by atoms with Crippen molar-refractivity contribution in [2.45, 2.75) is 277 Å². The molecular weight excluding hydrogens is 885 g/mol. The lowest BCUT2D eigenvalue weighted by Crippen LogP contribution is -2.28. The largest absolute Gasteiger partial charge is 0.462 e. The van der Waals surface area contributed by atoms with Gasteiger partial charge < -0.3 is 14.6 Å². The van der Waals surface area contributed by atoms with Crippen molar-refractivity contribution in [1.82, 2.24) is 0 Å². The first-order valence-corrected chi connectivity index (χ1v) is 30.1. The molecule has 0 rings (SSSR count). The van der Waals surface area contributed by atoms with Crippen LogP contribution in [-0.2, 0) is 19.1 Å². The lowest BCUT2D eigenvalue weighted by atomic mass is 10.0. The number of hydrogen-bond acceptors (Lipinski definition) is 5. The number of ether oxygens (including phenoxy) is 2. The number of allylic oxidation sites excluding steroid dienone is 20. The minimum Gasteiger partial charge on any atom is -0.462 e. The Hall–Kier alpha value is -3.70. The molecule has 0 aliphatic rings. The van der Waals surface area contributed by atoms with Crippen molar-refractivity contribution in [3.8, 4) is 0 Å². The zero-order valence-electron chi connectivity index (χ0n) is 46.9. The van der Waals surface area contributed by atoms with Crippen molar-refractivity contribution in [2.75, 3.05) is 13.2 Å². The Balaban J connectivity index is 3.53. The van der Waals surface area contributed by atoms with Crippen LogP contribution in [0.5, 0.6) is 0 Å². The molecule has 0 heterocycles. The maximum Gasteiger partial charge on any atom is 0.306 e. The molecule has 1 atom stereocenters. The molecule has 410 valence electrons. The first-order chi connectivity index (χ1) is 35.6. The van der Waals surface area contributed by atoms with Crippen molar-refractivity contribution < 1.29 is 24.2 Å². The van der Waals surface area contributed by atoms with E-state index in [9.17, 15) is 14.7 Å². The van der Waals surface area contributed by atoms with Gasteiger partial charge in [0.15, 0.2) is 6.10 Å². The molecule has 0 aliphatic heterocycles. The van der Waals surface area contributed by atoms with E-state index in [1.54, 1.807) is 0 Å². The van der Waals surface area contributed by atoms with Gasteiger partial charge in [0, 0.05) is 12.8 Å². The van der Waals surface area contributed by atoms with Gasteiger partial charge in [0.1, 0.15) is 6.61 Å². The molecule has 0 aromatic rings. The van der Waals surface area contributed by atoms with Gasteiger partial charge in [-0.2, -0.15) is 0 Å². The highest BCUT2D eigenvalue weighted by atomic mass is 16.6. The van der Waals surface area contributed by atoms with Crippen LogP contribution in [0.4, 0.5) is 0 Å². The van der Waals surface area contributed by atoms with Crippen LogP contribution < -0.4 is 0 Å². The summed E-state index contributed by atoms with van der Waals surface area (Å²) in [5.74, 6) is -0.605. The number of aliphatic hydroxyl groups excluding tert-OH is 1. The maximum absolute atomic E-state index is 12.3. The number of esters is 2. The van der Waals surface area contributed by atoms with Gasteiger partial charge in [-0.3, -0.25) is 9.59 Å². The highest BCUT2D eigenvalue weighted by Crippen LogP contribution is 2.16. The van der Waals surface area contributed by atoms with Gasteiger partial charge in [0.25, 0.3) is 0 Å². The molecule has 0 radical (unpaired) electrons. The molecule has 0 bridgehead atoms. The summed E-state index contributed by atoms with van der Waals surface area (Å²) in [6, 6.07) is 0. The topological polar surface area (TPSA) is 72.8 Å². The first-order valence-electron chi connectivity index (χ1n) is 30.1. The summed E-state index contributed by atoms with van der Waals surface area (Å²) in [6.07, 6.45) is 90.3. The smallest absolute Gasteiger partial charge is 0.306 e. The van der Waals surface area contributed by atoms with Crippen LogP contribution in [0.2, 0.25) is 0 Å². The highest BCUT2D eigenvalue weighted by molar-refractivity contribution is 5.70. The van der Waals surface area contributed by atoms with Gasteiger partial charge >= 0.3 is 11.9 Å². The minimum absolute atomic E-state index is 0.0770. The van der Waals surface area contributed by atoms with Gasteiger partial charge in [-0.25, -0.2) is 0 Å². The van der Waals surface area contributed by atoms with Crippen LogP contribution in [0, 0.1) is 0 Å². The van der Waals surface area contributed by atoms with Crippen molar-refractivity contribution in [2.24, 2.45) is 0 Å². The normalized spacial score (nSPS) is 13.1. The summed E-state index contributed by atoms with van der Waals surface area (Å²) in [5.41, 5.74) is 0. The van der Waals surface area contributed by atoms with Crippen LogP contribution in [0.15, 0.2) is 122 Å². The van der Waals surface area contributed by atoms with E-state index >= 15 is 0 Å². The molecule has 1 N–H and O–H groups in total. The van der Waals surface area contributed by atoms with E-state index in [4.69, 9.17) is 9.47 Å². The first kappa shape index (κ1) is 68.3. The molecule has 0 spiro atoms. The minimum atomic E-state index is -0.785. The zero-order valence-corrected chi connectivity index (χ0v) is 46.9. The fraction of sp³-hybridized carbons (Fsp3) is 0.672.